The Morgan fingerprint density at radius 3 is 2.45 bits per heavy atom. The van der Waals surface area contributed by atoms with E-state index in [2.05, 4.69) is 10.2 Å². The molecule has 4 aromatic rings. The van der Waals surface area contributed by atoms with Gasteiger partial charge in [0.25, 0.3) is 5.56 Å². The van der Waals surface area contributed by atoms with Gasteiger partial charge in [0.15, 0.2) is 0 Å². The number of aryl methyl sites for hydroxylation is 3. The number of fused-ring (bicyclic) bond motifs is 1. The number of ether oxygens (including phenoxy) is 2. The molecule has 1 aliphatic rings. The molecular weight excluding hydrogens is 591 g/mol. The molecule has 1 aromatic carbocycles. The third-order valence-corrected chi connectivity index (χ3v) is 8.77. The van der Waals surface area contributed by atoms with Crippen LogP contribution in [-0.2, 0) is 29.0 Å². The molecule has 14 heteroatoms. The molecule has 12 nitrogen and oxygen atoms in total. The first-order valence-corrected chi connectivity index (χ1v) is 15.4. The second kappa shape index (κ2) is 14.7. The summed E-state index contributed by atoms with van der Waals surface area (Å²) in [6.45, 7) is 9.05. The maximum absolute atomic E-state index is 14.0. The SMILES string of the molecule is CCN(C(=O)Cn1c(=O)c2c(C)c(-n3nccn3)sc2n(CCc2cc(F)ccc2OC)c1=O)C(C)C.OC1CCOCC1. The predicted octanol–water partition coefficient (Wildman–Crippen LogP) is 2.92. The fourth-order valence-electron chi connectivity index (χ4n) is 5.15. The Bertz CT molecular complexity index is 1690. The van der Waals surface area contributed by atoms with Crippen LogP contribution < -0.4 is 16.0 Å². The van der Waals surface area contributed by atoms with Gasteiger partial charge < -0.3 is 19.5 Å². The average Bonchev–Trinajstić information content (AvgIpc) is 3.64. The largest absolute Gasteiger partial charge is 0.496 e. The minimum absolute atomic E-state index is 0.0834. The molecule has 0 unspecified atom stereocenters. The van der Waals surface area contributed by atoms with Crippen molar-refractivity contribution < 1.29 is 23.8 Å². The molecular formula is C30H39FN6O6S. The van der Waals surface area contributed by atoms with E-state index >= 15 is 0 Å². The number of thiophene rings is 1. The Labute approximate surface area is 258 Å². The van der Waals surface area contributed by atoms with Gasteiger partial charge in [-0.25, -0.2) is 9.18 Å². The first kappa shape index (κ1) is 33.0. The van der Waals surface area contributed by atoms with Gasteiger partial charge in [-0.3, -0.25) is 18.7 Å². The molecule has 5 rings (SSSR count). The van der Waals surface area contributed by atoms with Crippen molar-refractivity contribution in [2.45, 2.75) is 72.2 Å². The van der Waals surface area contributed by atoms with Crippen LogP contribution in [0.4, 0.5) is 4.39 Å². The standard InChI is InChI=1S/C25H29FN6O4S.C5H10O2/c1-6-29(15(2)3)20(33)14-31-22(34)21-16(4)23(32-27-10-11-28-32)37-24(21)30(25(31)35)12-9-17-13-18(26)7-8-19(17)36-5;6-5-1-3-7-4-2-5/h7-8,10-11,13,15H,6,9,12,14H2,1-5H3;5-6H,1-4H2. The Kier molecular flexibility index (Phi) is 11.1. The number of methoxy groups -OCH3 is 1. The summed E-state index contributed by atoms with van der Waals surface area (Å²) >= 11 is 1.22. The Hall–Kier alpha value is -3.88. The van der Waals surface area contributed by atoms with Crippen LogP contribution in [0.1, 0.15) is 44.7 Å². The average molecular weight is 631 g/mol. The Morgan fingerprint density at radius 2 is 1.89 bits per heavy atom. The molecule has 238 valence electrons. The number of nitrogens with zero attached hydrogens (tertiary/aromatic N) is 6. The number of amides is 1. The highest BCUT2D eigenvalue weighted by Gasteiger charge is 2.24. The number of likely N-dealkylation sites (N-methyl/N-ethyl adjacent to an activating group) is 1. The van der Waals surface area contributed by atoms with Crippen LogP contribution in [0.15, 0.2) is 40.2 Å². The van der Waals surface area contributed by atoms with Crippen molar-refractivity contribution in [2.75, 3.05) is 26.9 Å². The van der Waals surface area contributed by atoms with Crippen molar-refractivity contribution in [2.24, 2.45) is 0 Å². The fourth-order valence-corrected chi connectivity index (χ4v) is 6.38. The molecule has 0 saturated carbocycles. The van der Waals surface area contributed by atoms with Crippen molar-refractivity contribution in [1.29, 1.82) is 0 Å². The van der Waals surface area contributed by atoms with Gasteiger partial charge in [0, 0.05) is 37.9 Å². The van der Waals surface area contributed by atoms with E-state index in [0.717, 1.165) is 30.6 Å². The van der Waals surface area contributed by atoms with Gasteiger partial charge in [-0.1, -0.05) is 11.3 Å². The zero-order valence-electron chi connectivity index (χ0n) is 25.7. The number of halogens is 1. The van der Waals surface area contributed by atoms with Gasteiger partial charge in [-0.15, -0.1) is 4.80 Å². The molecule has 1 fully saturated rings. The number of benzene rings is 1. The summed E-state index contributed by atoms with van der Waals surface area (Å²) in [5, 5.41) is 18.1. The van der Waals surface area contributed by atoms with Crippen LogP contribution in [0.25, 0.3) is 15.2 Å². The van der Waals surface area contributed by atoms with E-state index < -0.39 is 17.1 Å². The van der Waals surface area contributed by atoms with Gasteiger partial charge in [0.2, 0.25) is 5.91 Å². The molecule has 1 N–H and O–H groups in total. The molecule has 0 atom stereocenters. The minimum Gasteiger partial charge on any atom is -0.496 e. The molecule has 1 saturated heterocycles. The third-order valence-electron chi connectivity index (χ3n) is 7.49. The summed E-state index contributed by atoms with van der Waals surface area (Å²) in [5.41, 5.74) is 0.0356. The molecule has 1 aliphatic heterocycles. The minimum atomic E-state index is -0.609. The molecule has 0 spiro atoms. The van der Waals surface area contributed by atoms with Gasteiger partial charge in [0.05, 0.1) is 31.0 Å². The van der Waals surface area contributed by atoms with Gasteiger partial charge in [0.1, 0.15) is 27.9 Å². The molecule has 1 amide bonds. The van der Waals surface area contributed by atoms with Gasteiger partial charge in [-0.05, 0) is 70.7 Å². The number of aromatic nitrogens is 5. The third kappa shape index (κ3) is 7.25. The number of aliphatic hydroxyl groups is 1. The Morgan fingerprint density at radius 1 is 1.20 bits per heavy atom. The van der Waals surface area contributed by atoms with E-state index in [4.69, 9.17) is 14.6 Å². The molecule has 0 aliphatic carbocycles. The lowest BCUT2D eigenvalue weighted by atomic mass is 10.1. The van der Waals surface area contributed by atoms with E-state index in [9.17, 15) is 18.8 Å². The lowest BCUT2D eigenvalue weighted by molar-refractivity contribution is -0.133. The number of carbonyl (C=O) groups is 1. The van der Waals surface area contributed by atoms with Crippen LogP contribution in [0.2, 0.25) is 0 Å². The zero-order chi connectivity index (χ0) is 32.0. The summed E-state index contributed by atoms with van der Waals surface area (Å²) < 4.78 is 26.7. The number of carbonyl (C=O) groups excluding carboxylic acids is 1. The van der Waals surface area contributed by atoms with Crippen molar-refractivity contribution >= 4 is 27.5 Å². The second-order valence-electron chi connectivity index (χ2n) is 10.7. The summed E-state index contributed by atoms with van der Waals surface area (Å²) in [5.74, 6) is -0.249. The molecule has 0 radical (unpaired) electrons. The van der Waals surface area contributed by atoms with Crippen molar-refractivity contribution in [1.82, 2.24) is 29.0 Å². The van der Waals surface area contributed by atoms with E-state index in [1.165, 1.54) is 58.4 Å². The van der Waals surface area contributed by atoms with Crippen molar-refractivity contribution in [3.05, 3.63) is 68.4 Å². The van der Waals surface area contributed by atoms with Crippen molar-refractivity contribution in [3.8, 4) is 10.8 Å². The van der Waals surface area contributed by atoms with E-state index in [1.54, 1.807) is 11.8 Å². The maximum atomic E-state index is 14.0. The van der Waals surface area contributed by atoms with E-state index in [1.807, 2.05) is 20.8 Å². The number of hydrogen-bond donors (Lipinski definition) is 1. The highest BCUT2D eigenvalue weighted by molar-refractivity contribution is 7.21. The van der Waals surface area contributed by atoms with Gasteiger partial charge in [-0.2, -0.15) is 10.2 Å². The van der Waals surface area contributed by atoms with Crippen LogP contribution in [0.3, 0.4) is 0 Å². The topological polar surface area (TPSA) is 134 Å². The van der Waals surface area contributed by atoms with Gasteiger partial charge >= 0.3 is 5.69 Å². The van der Waals surface area contributed by atoms with E-state index in [0.29, 0.717) is 38.6 Å². The number of aliphatic hydroxyl groups excluding tert-OH is 1. The normalized spacial score (nSPS) is 13.6. The first-order valence-electron chi connectivity index (χ1n) is 14.6. The Balaban J connectivity index is 0.000000555. The lowest BCUT2D eigenvalue weighted by Crippen LogP contribution is -2.46. The van der Waals surface area contributed by atoms with Crippen LogP contribution in [0.5, 0.6) is 5.75 Å². The van der Waals surface area contributed by atoms with Crippen LogP contribution in [-0.4, -0.2) is 79.1 Å². The quantitative estimate of drug-likeness (QED) is 0.299. The monoisotopic (exact) mass is 630 g/mol. The maximum Gasteiger partial charge on any atom is 0.332 e. The summed E-state index contributed by atoms with van der Waals surface area (Å²) in [6, 6.07) is 4.12. The highest BCUT2D eigenvalue weighted by Crippen LogP contribution is 2.30. The highest BCUT2D eigenvalue weighted by atomic mass is 32.1. The van der Waals surface area contributed by atoms with Crippen LogP contribution >= 0.6 is 11.3 Å². The molecule has 3 aromatic heterocycles. The van der Waals surface area contributed by atoms with Crippen LogP contribution in [0, 0.1) is 12.7 Å². The fraction of sp³-hybridized carbons (Fsp3) is 0.500. The smallest absolute Gasteiger partial charge is 0.332 e. The molecule has 0 bridgehead atoms. The summed E-state index contributed by atoms with van der Waals surface area (Å²) in [6.07, 6.45) is 4.86. The summed E-state index contributed by atoms with van der Waals surface area (Å²) in [4.78, 5) is 43.8. The number of hydrogen-bond acceptors (Lipinski definition) is 9. The first-order chi connectivity index (χ1) is 21.1. The molecule has 4 heterocycles. The molecule has 44 heavy (non-hydrogen) atoms. The van der Waals surface area contributed by atoms with E-state index in [-0.39, 0.29) is 37.6 Å². The predicted molar refractivity (Wildman–Crippen MR) is 165 cm³/mol. The zero-order valence-corrected chi connectivity index (χ0v) is 26.5. The second-order valence-corrected chi connectivity index (χ2v) is 11.7. The summed E-state index contributed by atoms with van der Waals surface area (Å²) in [7, 11) is 1.49. The number of rotatable bonds is 9. The lowest BCUT2D eigenvalue weighted by Gasteiger charge is -2.25. The van der Waals surface area contributed by atoms with Crippen molar-refractivity contribution in [3.63, 3.8) is 0 Å².